The Morgan fingerprint density at radius 2 is 2.25 bits per heavy atom. The molecule has 1 heteroatoms. The Hall–Kier alpha value is -0.510. The van der Waals surface area contributed by atoms with E-state index in [0.717, 1.165) is 18.3 Å². The van der Waals surface area contributed by atoms with E-state index in [1.165, 1.54) is 0 Å². The SMILES string of the molecule is [C-]#[N+]C1C[C@@H]1C(C)C. The second-order valence-corrected chi connectivity index (χ2v) is 2.84. The molecule has 0 aliphatic heterocycles. The minimum Gasteiger partial charge on any atom is -0.313 e. The average molecular weight is 109 g/mol. The Morgan fingerprint density at radius 3 is 2.38 bits per heavy atom. The van der Waals surface area contributed by atoms with Gasteiger partial charge in [0.15, 0.2) is 0 Å². The van der Waals surface area contributed by atoms with Crippen molar-refractivity contribution in [2.45, 2.75) is 26.3 Å². The number of nitrogens with zero attached hydrogens (tertiary/aromatic N) is 1. The van der Waals surface area contributed by atoms with Crippen LogP contribution in [0.25, 0.3) is 4.85 Å². The molecule has 1 rings (SSSR count). The van der Waals surface area contributed by atoms with E-state index in [4.69, 9.17) is 6.57 Å². The van der Waals surface area contributed by atoms with Crippen LogP contribution in [-0.2, 0) is 0 Å². The second kappa shape index (κ2) is 1.78. The standard InChI is InChI=1S/C7H11N/c1-5(2)6-4-7(6)8-3/h5-7H,4H2,1-2H3/t6-,7?/m1/s1. The van der Waals surface area contributed by atoms with Gasteiger partial charge >= 0.3 is 0 Å². The van der Waals surface area contributed by atoms with E-state index in [2.05, 4.69) is 18.7 Å². The van der Waals surface area contributed by atoms with Crippen molar-refractivity contribution in [1.29, 1.82) is 0 Å². The van der Waals surface area contributed by atoms with Gasteiger partial charge in [0.1, 0.15) is 0 Å². The molecule has 1 saturated carbocycles. The Kier molecular flexibility index (Phi) is 1.25. The monoisotopic (exact) mass is 109 g/mol. The first kappa shape index (κ1) is 5.62. The van der Waals surface area contributed by atoms with E-state index < -0.39 is 0 Å². The lowest BCUT2D eigenvalue weighted by atomic mass is 10.1. The molecule has 0 aromatic heterocycles. The summed E-state index contributed by atoms with van der Waals surface area (Å²) in [6.07, 6.45) is 1.15. The second-order valence-electron chi connectivity index (χ2n) is 2.84. The van der Waals surface area contributed by atoms with Crippen LogP contribution in [0.1, 0.15) is 20.3 Å². The van der Waals surface area contributed by atoms with Crippen molar-refractivity contribution in [3.63, 3.8) is 0 Å². The van der Waals surface area contributed by atoms with Crippen LogP contribution in [0.2, 0.25) is 0 Å². The molecule has 44 valence electrons. The predicted octanol–water partition coefficient (Wildman–Crippen LogP) is 1.95. The van der Waals surface area contributed by atoms with Crippen molar-refractivity contribution >= 4 is 0 Å². The molecule has 1 aliphatic carbocycles. The molecule has 0 bridgehead atoms. The van der Waals surface area contributed by atoms with Crippen LogP contribution in [0.5, 0.6) is 0 Å². The van der Waals surface area contributed by atoms with Gasteiger partial charge in [-0.25, -0.2) is 6.57 Å². The maximum atomic E-state index is 6.67. The molecule has 2 atom stereocenters. The number of rotatable bonds is 1. The minimum absolute atomic E-state index is 0.384. The van der Waals surface area contributed by atoms with Gasteiger partial charge in [0, 0.05) is 12.3 Å². The lowest BCUT2D eigenvalue weighted by molar-refractivity contribution is 0.558. The molecule has 0 amide bonds. The molecular formula is C7H11N. The normalized spacial score (nSPS) is 34.8. The first-order valence-corrected chi connectivity index (χ1v) is 3.12. The molecular weight excluding hydrogens is 98.1 g/mol. The van der Waals surface area contributed by atoms with E-state index in [0.29, 0.717) is 6.04 Å². The van der Waals surface area contributed by atoms with E-state index in [1.54, 1.807) is 0 Å². The summed E-state index contributed by atoms with van der Waals surface area (Å²) in [7, 11) is 0. The van der Waals surface area contributed by atoms with Gasteiger partial charge < -0.3 is 4.85 Å². The summed E-state index contributed by atoms with van der Waals surface area (Å²) in [5, 5.41) is 0. The molecule has 0 heterocycles. The molecule has 1 nitrogen and oxygen atoms in total. The van der Waals surface area contributed by atoms with E-state index in [1.807, 2.05) is 0 Å². The summed E-state index contributed by atoms with van der Waals surface area (Å²) in [4.78, 5) is 3.45. The third-order valence-corrected chi connectivity index (χ3v) is 1.83. The first-order chi connectivity index (χ1) is 3.75. The highest BCUT2D eigenvalue weighted by Gasteiger charge is 2.45. The molecule has 0 aromatic rings. The maximum Gasteiger partial charge on any atom is 0.227 e. The fourth-order valence-corrected chi connectivity index (χ4v) is 1.07. The predicted molar refractivity (Wildman–Crippen MR) is 33.3 cm³/mol. The zero-order chi connectivity index (χ0) is 6.15. The lowest BCUT2D eigenvalue weighted by Gasteiger charge is -1.93. The average Bonchev–Trinajstić information content (AvgIpc) is 2.42. The summed E-state index contributed by atoms with van der Waals surface area (Å²) >= 11 is 0. The molecule has 1 fully saturated rings. The van der Waals surface area contributed by atoms with Crippen LogP contribution in [0.3, 0.4) is 0 Å². The van der Waals surface area contributed by atoms with Gasteiger partial charge in [-0.05, 0) is 5.92 Å². The molecule has 0 radical (unpaired) electrons. The van der Waals surface area contributed by atoms with E-state index in [-0.39, 0.29) is 0 Å². The fourth-order valence-electron chi connectivity index (χ4n) is 1.07. The Labute approximate surface area is 50.5 Å². The first-order valence-electron chi connectivity index (χ1n) is 3.12. The van der Waals surface area contributed by atoms with Crippen LogP contribution in [0, 0.1) is 18.4 Å². The summed E-state index contributed by atoms with van der Waals surface area (Å²) < 4.78 is 0. The van der Waals surface area contributed by atoms with Crippen molar-refractivity contribution in [3.8, 4) is 0 Å². The number of hydrogen-bond acceptors (Lipinski definition) is 0. The van der Waals surface area contributed by atoms with Crippen LogP contribution < -0.4 is 0 Å². The van der Waals surface area contributed by atoms with Crippen LogP contribution in [0.4, 0.5) is 0 Å². The maximum absolute atomic E-state index is 6.67. The molecule has 1 aliphatic rings. The third-order valence-electron chi connectivity index (χ3n) is 1.83. The van der Waals surface area contributed by atoms with Gasteiger partial charge in [-0.15, -0.1) is 0 Å². The molecule has 1 unspecified atom stereocenters. The van der Waals surface area contributed by atoms with Crippen molar-refractivity contribution in [3.05, 3.63) is 11.4 Å². The van der Waals surface area contributed by atoms with Crippen LogP contribution >= 0.6 is 0 Å². The fraction of sp³-hybridized carbons (Fsp3) is 0.857. The van der Waals surface area contributed by atoms with Crippen molar-refractivity contribution < 1.29 is 0 Å². The van der Waals surface area contributed by atoms with Crippen LogP contribution in [0.15, 0.2) is 0 Å². The lowest BCUT2D eigenvalue weighted by Crippen LogP contribution is -1.91. The Morgan fingerprint density at radius 1 is 1.62 bits per heavy atom. The Balaban J connectivity index is 2.29. The van der Waals surface area contributed by atoms with Gasteiger partial charge in [-0.2, -0.15) is 0 Å². The third kappa shape index (κ3) is 0.838. The molecule has 0 saturated heterocycles. The summed E-state index contributed by atoms with van der Waals surface area (Å²) in [5.41, 5.74) is 0. The van der Waals surface area contributed by atoms with Crippen LogP contribution in [-0.4, -0.2) is 6.04 Å². The zero-order valence-corrected chi connectivity index (χ0v) is 5.39. The quantitative estimate of drug-likeness (QED) is 0.453. The van der Waals surface area contributed by atoms with Gasteiger partial charge in [-0.1, -0.05) is 13.8 Å². The zero-order valence-electron chi connectivity index (χ0n) is 5.39. The highest BCUT2D eigenvalue weighted by molar-refractivity contribution is 5.02. The molecule has 0 aromatic carbocycles. The Bertz CT molecular complexity index is 121. The van der Waals surface area contributed by atoms with Gasteiger partial charge in [0.2, 0.25) is 6.04 Å². The molecule has 8 heavy (non-hydrogen) atoms. The summed E-state index contributed by atoms with van der Waals surface area (Å²) in [5.74, 6) is 1.46. The highest BCUT2D eigenvalue weighted by atomic mass is 14.8. The topological polar surface area (TPSA) is 4.36 Å². The van der Waals surface area contributed by atoms with Gasteiger partial charge in [-0.3, -0.25) is 0 Å². The minimum atomic E-state index is 0.384. The summed E-state index contributed by atoms with van der Waals surface area (Å²) in [6.45, 7) is 11.0. The van der Waals surface area contributed by atoms with Crippen molar-refractivity contribution in [2.75, 3.05) is 0 Å². The summed E-state index contributed by atoms with van der Waals surface area (Å²) in [6, 6.07) is 0.384. The number of hydrogen-bond donors (Lipinski definition) is 0. The van der Waals surface area contributed by atoms with E-state index >= 15 is 0 Å². The highest BCUT2D eigenvalue weighted by Crippen LogP contribution is 2.39. The smallest absolute Gasteiger partial charge is 0.227 e. The van der Waals surface area contributed by atoms with Gasteiger partial charge in [0.25, 0.3) is 0 Å². The largest absolute Gasteiger partial charge is 0.313 e. The van der Waals surface area contributed by atoms with Crippen molar-refractivity contribution in [1.82, 2.24) is 0 Å². The molecule has 0 N–H and O–H groups in total. The van der Waals surface area contributed by atoms with E-state index in [9.17, 15) is 0 Å². The van der Waals surface area contributed by atoms with Crippen molar-refractivity contribution in [2.24, 2.45) is 11.8 Å². The molecule has 0 spiro atoms. The van der Waals surface area contributed by atoms with Gasteiger partial charge in [0.05, 0.1) is 0 Å².